The van der Waals surface area contributed by atoms with Crippen LogP contribution in [0.25, 0.3) is 0 Å². The second kappa shape index (κ2) is 10.9. The molecule has 3 nitrogen and oxygen atoms in total. The summed E-state index contributed by atoms with van der Waals surface area (Å²) in [5.41, 5.74) is 1.55. The molecule has 0 aliphatic heterocycles. The van der Waals surface area contributed by atoms with E-state index < -0.39 is 18.1 Å². The van der Waals surface area contributed by atoms with E-state index in [4.69, 9.17) is 13.6 Å². The fourth-order valence-electron chi connectivity index (χ4n) is 2.50. The van der Waals surface area contributed by atoms with Gasteiger partial charge in [0.25, 0.3) is 0 Å². The Morgan fingerprint density at radius 1 is 1.15 bits per heavy atom. The predicted molar refractivity (Wildman–Crippen MR) is 116 cm³/mol. The third-order valence-electron chi connectivity index (χ3n) is 4.20. The zero-order valence-electron chi connectivity index (χ0n) is 17.6. The van der Waals surface area contributed by atoms with Crippen molar-refractivity contribution in [2.45, 2.75) is 70.8 Å². The molecule has 0 saturated heterocycles. The molecule has 1 atom stereocenters. The van der Waals surface area contributed by atoms with Gasteiger partial charge in [-0.05, 0) is 42.2 Å². The van der Waals surface area contributed by atoms with Crippen LogP contribution in [0.2, 0.25) is 23.7 Å². The summed E-state index contributed by atoms with van der Waals surface area (Å²) in [5, 5.41) is 0.339. The number of hydrogen-bond acceptors (Lipinski definition) is 3. The Hall–Kier alpha value is -1.07. The van der Waals surface area contributed by atoms with Gasteiger partial charge in [0, 0.05) is 12.0 Å². The first kappa shape index (κ1) is 23.0. The van der Waals surface area contributed by atoms with Crippen LogP contribution in [0, 0.1) is 11.8 Å². The van der Waals surface area contributed by atoms with Gasteiger partial charge in [-0.1, -0.05) is 39.8 Å². The summed E-state index contributed by atoms with van der Waals surface area (Å²) in [4.78, 5) is 0. The van der Waals surface area contributed by atoms with Gasteiger partial charge < -0.3 is 13.6 Å². The third-order valence-corrected chi connectivity index (χ3v) is 10.9. The standard InChI is InChI=1S/C21H36O3Si2/c1-8-20(26(6,7)24-25-21(2,3)4)11-9-10-16-23-17-18-12-14-19(22-5)15-13-18/h12-15,20H,8,10,16-17,25H2,1-7H3/t20-/m0/s1. The van der Waals surface area contributed by atoms with Crippen molar-refractivity contribution >= 4 is 18.1 Å². The molecule has 0 bridgehead atoms. The average molecular weight is 393 g/mol. The Morgan fingerprint density at radius 3 is 2.35 bits per heavy atom. The maximum Gasteiger partial charge on any atom is 0.188 e. The van der Waals surface area contributed by atoms with E-state index in [1.165, 1.54) is 0 Å². The van der Waals surface area contributed by atoms with Crippen LogP contribution in [0.3, 0.4) is 0 Å². The number of hydrogen-bond donors (Lipinski definition) is 0. The lowest BCUT2D eigenvalue weighted by Gasteiger charge is -2.32. The monoisotopic (exact) mass is 392 g/mol. The minimum atomic E-state index is -1.74. The van der Waals surface area contributed by atoms with Crippen molar-refractivity contribution in [2.75, 3.05) is 13.7 Å². The zero-order valence-corrected chi connectivity index (χ0v) is 20.1. The van der Waals surface area contributed by atoms with Crippen LogP contribution >= 0.6 is 0 Å². The number of benzene rings is 1. The summed E-state index contributed by atoms with van der Waals surface area (Å²) >= 11 is 0. The minimum absolute atomic E-state index is 0.339. The molecular formula is C21H36O3Si2. The Bertz CT molecular complexity index is 580. The lowest BCUT2D eigenvalue weighted by Crippen LogP contribution is -2.39. The van der Waals surface area contributed by atoms with E-state index in [1.807, 2.05) is 24.3 Å². The average Bonchev–Trinajstić information content (AvgIpc) is 2.59. The molecule has 0 aliphatic rings. The lowest BCUT2D eigenvalue weighted by atomic mass is 10.2. The summed E-state index contributed by atoms with van der Waals surface area (Å²) in [7, 11) is -0.580. The molecule has 0 N–H and O–H groups in total. The van der Waals surface area contributed by atoms with Crippen molar-refractivity contribution in [1.29, 1.82) is 0 Å². The maximum atomic E-state index is 6.44. The van der Waals surface area contributed by atoms with Gasteiger partial charge in [0.1, 0.15) is 5.75 Å². The first-order chi connectivity index (χ1) is 12.2. The van der Waals surface area contributed by atoms with Crippen molar-refractivity contribution in [3.8, 4) is 17.6 Å². The Labute approximate surface area is 163 Å². The SMILES string of the molecule is CC[C@@H](C#CCCOCc1ccc(OC)cc1)[Si](C)(C)O[SiH2]C(C)(C)C. The van der Waals surface area contributed by atoms with E-state index in [1.54, 1.807) is 7.11 Å². The van der Waals surface area contributed by atoms with Gasteiger partial charge in [-0.3, -0.25) is 0 Å². The van der Waals surface area contributed by atoms with E-state index in [-0.39, 0.29) is 0 Å². The van der Waals surface area contributed by atoms with Crippen LogP contribution in [0.5, 0.6) is 5.75 Å². The molecule has 1 rings (SSSR count). The molecule has 0 heterocycles. The highest BCUT2D eigenvalue weighted by molar-refractivity contribution is 6.77. The summed E-state index contributed by atoms with van der Waals surface area (Å²) in [5.74, 6) is 7.66. The van der Waals surface area contributed by atoms with Gasteiger partial charge in [-0.15, -0.1) is 11.8 Å². The lowest BCUT2D eigenvalue weighted by molar-refractivity contribution is 0.126. The first-order valence-corrected chi connectivity index (χ1v) is 13.8. The van der Waals surface area contributed by atoms with Gasteiger partial charge in [0.15, 0.2) is 18.1 Å². The summed E-state index contributed by atoms with van der Waals surface area (Å²) in [6.07, 6.45) is 1.84. The Morgan fingerprint density at radius 2 is 1.81 bits per heavy atom. The van der Waals surface area contributed by atoms with Gasteiger partial charge in [0.05, 0.1) is 20.3 Å². The van der Waals surface area contributed by atoms with Crippen LogP contribution in [0.4, 0.5) is 0 Å². The van der Waals surface area contributed by atoms with Crippen molar-refractivity contribution in [1.82, 2.24) is 0 Å². The van der Waals surface area contributed by atoms with Crippen LogP contribution in [-0.4, -0.2) is 31.8 Å². The molecule has 0 fully saturated rings. The first-order valence-electron chi connectivity index (χ1n) is 9.51. The second-order valence-corrected chi connectivity index (χ2v) is 15.9. The number of rotatable bonds is 9. The molecule has 0 unspecified atom stereocenters. The molecule has 1 aromatic carbocycles. The normalized spacial score (nSPS) is 13.5. The smallest absolute Gasteiger partial charge is 0.188 e. The molecule has 1 aromatic rings. The largest absolute Gasteiger partial charge is 0.497 e. The fraction of sp³-hybridized carbons (Fsp3) is 0.619. The minimum Gasteiger partial charge on any atom is -0.497 e. The van der Waals surface area contributed by atoms with E-state index >= 15 is 0 Å². The van der Waals surface area contributed by atoms with Crippen molar-refractivity contribution in [3.05, 3.63) is 29.8 Å². The van der Waals surface area contributed by atoms with Crippen LogP contribution in [0.15, 0.2) is 24.3 Å². The molecule has 0 radical (unpaired) electrons. The zero-order chi connectivity index (χ0) is 19.6. The molecular weight excluding hydrogens is 356 g/mol. The molecule has 146 valence electrons. The van der Waals surface area contributed by atoms with Crippen LogP contribution in [0.1, 0.15) is 46.1 Å². The van der Waals surface area contributed by atoms with Gasteiger partial charge in [-0.2, -0.15) is 0 Å². The van der Waals surface area contributed by atoms with Crippen molar-refractivity contribution in [2.24, 2.45) is 0 Å². The topological polar surface area (TPSA) is 27.7 Å². The summed E-state index contributed by atoms with van der Waals surface area (Å²) in [6.45, 7) is 14.9. The highest BCUT2D eigenvalue weighted by atomic mass is 28.4. The van der Waals surface area contributed by atoms with E-state index in [9.17, 15) is 0 Å². The van der Waals surface area contributed by atoms with Gasteiger partial charge in [0.2, 0.25) is 0 Å². The van der Waals surface area contributed by atoms with E-state index in [0.717, 1.165) is 24.2 Å². The number of ether oxygens (including phenoxy) is 2. The highest BCUT2D eigenvalue weighted by Gasteiger charge is 2.32. The van der Waals surface area contributed by atoms with Crippen LogP contribution in [-0.2, 0) is 15.5 Å². The quantitative estimate of drug-likeness (QED) is 0.339. The number of methoxy groups -OCH3 is 1. The van der Waals surface area contributed by atoms with Crippen LogP contribution < -0.4 is 4.74 Å². The van der Waals surface area contributed by atoms with E-state index in [0.29, 0.717) is 23.8 Å². The van der Waals surface area contributed by atoms with Crippen molar-refractivity contribution < 1.29 is 13.6 Å². The highest BCUT2D eigenvalue weighted by Crippen LogP contribution is 2.29. The molecule has 0 spiro atoms. The van der Waals surface area contributed by atoms with Crippen molar-refractivity contribution in [3.63, 3.8) is 0 Å². The Balaban J connectivity index is 2.39. The fourth-order valence-corrected chi connectivity index (χ4v) is 7.96. The second-order valence-electron chi connectivity index (χ2n) is 8.39. The molecule has 5 heteroatoms. The van der Waals surface area contributed by atoms with E-state index in [2.05, 4.69) is 52.6 Å². The Kier molecular flexibility index (Phi) is 9.66. The maximum absolute atomic E-state index is 6.44. The summed E-state index contributed by atoms with van der Waals surface area (Å²) < 4.78 is 17.3. The molecule has 26 heavy (non-hydrogen) atoms. The molecule has 0 saturated carbocycles. The predicted octanol–water partition coefficient (Wildman–Crippen LogP) is 4.91. The molecule has 0 aliphatic carbocycles. The van der Waals surface area contributed by atoms with Gasteiger partial charge >= 0.3 is 0 Å². The molecule has 0 amide bonds. The molecule has 0 aromatic heterocycles. The van der Waals surface area contributed by atoms with Gasteiger partial charge in [-0.25, -0.2) is 0 Å². The third kappa shape index (κ3) is 9.04. The summed E-state index contributed by atoms with van der Waals surface area (Å²) in [6, 6.07) is 7.97.